The van der Waals surface area contributed by atoms with Crippen LogP contribution in [0.3, 0.4) is 0 Å². The molecule has 19 heavy (non-hydrogen) atoms. The van der Waals surface area contributed by atoms with Gasteiger partial charge in [-0.2, -0.15) is 0 Å². The zero-order valence-corrected chi connectivity index (χ0v) is 11.8. The highest BCUT2D eigenvalue weighted by Crippen LogP contribution is 2.29. The average Bonchev–Trinajstić information content (AvgIpc) is 3.25. The highest BCUT2D eigenvalue weighted by atomic mass is 35.5. The number of hydrogen-bond donors (Lipinski definition) is 1. The first-order chi connectivity index (χ1) is 9.22. The van der Waals surface area contributed by atoms with Gasteiger partial charge in [-0.3, -0.25) is 0 Å². The van der Waals surface area contributed by atoms with E-state index in [1.807, 2.05) is 0 Å². The van der Waals surface area contributed by atoms with Gasteiger partial charge in [-0.05, 0) is 56.5 Å². The first-order valence-corrected chi connectivity index (χ1v) is 7.51. The fourth-order valence-corrected chi connectivity index (χ4v) is 3.02. The Morgan fingerprint density at radius 1 is 1.21 bits per heavy atom. The Bertz CT molecular complexity index is 440. The molecule has 0 spiro atoms. The van der Waals surface area contributed by atoms with E-state index in [9.17, 15) is 4.39 Å². The lowest BCUT2D eigenvalue weighted by Gasteiger charge is -2.32. The molecule has 0 atom stereocenters. The average molecular weight is 283 g/mol. The minimum atomic E-state index is -0.344. The summed E-state index contributed by atoms with van der Waals surface area (Å²) in [4.78, 5) is 2.62. The predicted molar refractivity (Wildman–Crippen MR) is 75.9 cm³/mol. The molecule has 0 amide bonds. The third-order valence-electron chi connectivity index (χ3n) is 4.17. The molecule has 2 aliphatic rings. The summed E-state index contributed by atoms with van der Waals surface area (Å²) in [5.41, 5.74) is 1.05. The van der Waals surface area contributed by atoms with Crippen molar-refractivity contribution in [1.82, 2.24) is 10.2 Å². The van der Waals surface area contributed by atoms with Crippen LogP contribution in [0, 0.1) is 5.82 Å². The van der Waals surface area contributed by atoms with Crippen molar-refractivity contribution >= 4 is 11.6 Å². The Hall–Kier alpha value is -0.640. The first kappa shape index (κ1) is 13.3. The second kappa shape index (κ2) is 5.78. The molecule has 1 aromatic rings. The number of hydrogen-bond acceptors (Lipinski definition) is 2. The maximum absolute atomic E-state index is 13.1. The number of benzene rings is 1. The van der Waals surface area contributed by atoms with E-state index in [4.69, 9.17) is 11.6 Å². The number of halogens is 2. The fourth-order valence-electron chi connectivity index (χ4n) is 2.82. The Kier molecular flexibility index (Phi) is 4.06. The molecule has 3 rings (SSSR count). The molecule has 0 bridgehead atoms. The van der Waals surface area contributed by atoms with Crippen molar-refractivity contribution in [2.75, 3.05) is 13.1 Å². The van der Waals surface area contributed by atoms with Gasteiger partial charge in [-0.15, -0.1) is 0 Å². The molecule has 2 nitrogen and oxygen atoms in total. The van der Waals surface area contributed by atoms with Gasteiger partial charge in [0.15, 0.2) is 0 Å². The second-order valence-electron chi connectivity index (χ2n) is 5.67. The number of rotatable bonds is 4. The molecule has 1 aliphatic heterocycles. The van der Waals surface area contributed by atoms with E-state index in [1.165, 1.54) is 44.8 Å². The maximum Gasteiger partial charge on any atom is 0.141 e. The number of nitrogens with one attached hydrogen (secondary N) is 1. The van der Waals surface area contributed by atoms with Crippen LogP contribution in [0.15, 0.2) is 18.2 Å². The summed E-state index contributed by atoms with van der Waals surface area (Å²) in [6.45, 7) is 3.20. The van der Waals surface area contributed by atoms with Crippen LogP contribution >= 0.6 is 11.6 Å². The summed E-state index contributed by atoms with van der Waals surface area (Å²) in [5, 5.41) is 3.77. The van der Waals surface area contributed by atoms with Crippen molar-refractivity contribution in [3.05, 3.63) is 34.6 Å². The SMILES string of the molecule is Fc1ccc(CNC2CCN(C3CC3)CC2)cc1Cl. The van der Waals surface area contributed by atoms with Crippen LogP contribution in [0.4, 0.5) is 4.39 Å². The van der Waals surface area contributed by atoms with Gasteiger partial charge in [0.1, 0.15) is 5.82 Å². The van der Waals surface area contributed by atoms with Crippen LogP contribution in [0.5, 0.6) is 0 Å². The van der Waals surface area contributed by atoms with Crippen molar-refractivity contribution in [3.63, 3.8) is 0 Å². The normalized spacial score (nSPS) is 21.8. The molecule has 1 saturated carbocycles. The summed E-state index contributed by atoms with van der Waals surface area (Å²) in [6, 6.07) is 6.42. The number of piperidine rings is 1. The predicted octanol–water partition coefficient (Wildman–Crippen LogP) is 3.20. The quantitative estimate of drug-likeness (QED) is 0.912. The van der Waals surface area contributed by atoms with Crippen LogP contribution in [-0.4, -0.2) is 30.1 Å². The van der Waals surface area contributed by atoms with Crippen molar-refractivity contribution in [2.24, 2.45) is 0 Å². The van der Waals surface area contributed by atoms with Gasteiger partial charge in [0.2, 0.25) is 0 Å². The van der Waals surface area contributed by atoms with Gasteiger partial charge < -0.3 is 10.2 Å². The van der Waals surface area contributed by atoms with Crippen LogP contribution in [0.2, 0.25) is 5.02 Å². The lowest BCUT2D eigenvalue weighted by Crippen LogP contribution is -2.43. The van der Waals surface area contributed by atoms with Gasteiger partial charge >= 0.3 is 0 Å². The van der Waals surface area contributed by atoms with E-state index < -0.39 is 0 Å². The Labute approximate surface area is 118 Å². The molecule has 1 saturated heterocycles. The smallest absolute Gasteiger partial charge is 0.141 e. The first-order valence-electron chi connectivity index (χ1n) is 7.14. The van der Waals surface area contributed by atoms with E-state index in [0.717, 1.165) is 18.2 Å². The van der Waals surface area contributed by atoms with Crippen molar-refractivity contribution in [2.45, 2.75) is 44.3 Å². The molecular formula is C15H20ClFN2. The summed E-state index contributed by atoms with van der Waals surface area (Å²) < 4.78 is 13.1. The molecule has 2 fully saturated rings. The van der Waals surface area contributed by atoms with Crippen LogP contribution in [0.25, 0.3) is 0 Å². The summed E-state index contributed by atoms with van der Waals surface area (Å²) in [5.74, 6) is -0.344. The zero-order valence-electron chi connectivity index (χ0n) is 11.0. The molecule has 4 heteroatoms. The highest BCUT2D eigenvalue weighted by molar-refractivity contribution is 6.30. The molecule has 0 radical (unpaired) electrons. The van der Waals surface area contributed by atoms with Crippen LogP contribution in [0.1, 0.15) is 31.2 Å². The molecule has 104 valence electrons. The van der Waals surface area contributed by atoms with Crippen molar-refractivity contribution < 1.29 is 4.39 Å². The van der Waals surface area contributed by atoms with Crippen molar-refractivity contribution in [3.8, 4) is 0 Å². The van der Waals surface area contributed by atoms with E-state index in [2.05, 4.69) is 10.2 Å². The molecule has 0 aromatic heterocycles. The Balaban J connectivity index is 1.45. The molecular weight excluding hydrogens is 263 g/mol. The van der Waals surface area contributed by atoms with Gasteiger partial charge in [0.05, 0.1) is 5.02 Å². The minimum Gasteiger partial charge on any atom is -0.310 e. The lowest BCUT2D eigenvalue weighted by atomic mass is 10.0. The van der Waals surface area contributed by atoms with Crippen LogP contribution < -0.4 is 5.32 Å². The van der Waals surface area contributed by atoms with E-state index in [-0.39, 0.29) is 10.8 Å². The standard InChI is InChI=1S/C15H20ClFN2/c16-14-9-11(1-4-15(14)17)10-18-12-5-7-19(8-6-12)13-2-3-13/h1,4,9,12-13,18H,2-3,5-8,10H2. The Morgan fingerprint density at radius 2 is 1.95 bits per heavy atom. The van der Waals surface area contributed by atoms with Crippen LogP contribution in [-0.2, 0) is 6.54 Å². The molecule has 1 N–H and O–H groups in total. The largest absolute Gasteiger partial charge is 0.310 e. The number of likely N-dealkylation sites (tertiary alicyclic amines) is 1. The second-order valence-corrected chi connectivity index (χ2v) is 6.08. The van der Waals surface area contributed by atoms with Gasteiger partial charge in [0, 0.05) is 18.6 Å². The maximum atomic E-state index is 13.1. The molecule has 1 aliphatic carbocycles. The summed E-state index contributed by atoms with van der Waals surface area (Å²) >= 11 is 5.79. The molecule has 0 unspecified atom stereocenters. The zero-order chi connectivity index (χ0) is 13.2. The van der Waals surface area contributed by atoms with Gasteiger partial charge in [-0.25, -0.2) is 4.39 Å². The van der Waals surface area contributed by atoms with Gasteiger partial charge in [-0.1, -0.05) is 17.7 Å². The lowest BCUT2D eigenvalue weighted by molar-refractivity contribution is 0.189. The van der Waals surface area contributed by atoms with E-state index in [0.29, 0.717) is 6.04 Å². The molecule has 1 aromatic carbocycles. The fraction of sp³-hybridized carbons (Fsp3) is 0.600. The monoisotopic (exact) mass is 282 g/mol. The van der Waals surface area contributed by atoms with E-state index in [1.54, 1.807) is 12.1 Å². The molecule has 1 heterocycles. The van der Waals surface area contributed by atoms with Gasteiger partial charge in [0.25, 0.3) is 0 Å². The van der Waals surface area contributed by atoms with Crippen molar-refractivity contribution in [1.29, 1.82) is 0 Å². The number of nitrogens with zero attached hydrogens (tertiary/aromatic N) is 1. The Morgan fingerprint density at radius 3 is 2.58 bits per heavy atom. The third-order valence-corrected chi connectivity index (χ3v) is 4.46. The summed E-state index contributed by atoms with van der Waals surface area (Å²) in [7, 11) is 0. The third kappa shape index (κ3) is 3.47. The van der Waals surface area contributed by atoms with E-state index >= 15 is 0 Å². The summed E-state index contributed by atoms with van der Waals surface area (Å²) in [6.07, 6.45) is 5.22. The minimum absolute atomic E-state index is 0.211. The topological polar surface area (TPSA) is 15.3 Å². The highest BCUT2D eigenvalue weighted by Gasteiger charge is 2.31.